The summed E-state index contributed by atoms with van der Waals surface area (Å²) in [4.78, 5) is 11.1. The van der Waals surface area contributed by atoms with Crippen LogP contribution in [0.25, 0.3) is 144 Å². The van der Waals surface area contributed by atoms with Crippen LogP contribution in [-0.2, 0) is 0 Å². The van der Waals surface area contributed by atoms with Gasteiger partial charge >= 0.3 is 0 Å². The van der Waals surface area contributed by atoms with E-state index in [1.165, 1.54) is 54.4 Å². The lowest BCUT2D eigenvalue weighted by Gasteiger charge is -2.14. The number of para-hydroxylation sites is 7. The van der Waals surface area contributed by atoms with E-state index in [1.54, 1.807) is 0 Å². The van der Waals surface area contributed by atoms with Crippen molar-refractivity contribution in [1.29, 1.82) is 0 Å². The molecule has 0 amide bonds. The molecule has 0 radical (unpaired) electrons. The molecule has 0 saturated heterocycles. The smallest absolute Gasteiger partial charge is 0.237 e. The molecule has 5 heterocycles. The summed E-state index contributed by atoms with van der Waals surface area (Å²) < 4.78 is 9.37. The molecule has 16 rings (SSSR count). The molecule has 0 aliphatic rings. The minimum atomic E-state index is 0.616. The van der Waals surface area contributed by atoms with Gasteiger partial charge in [0, 0.05) is 59.9 Å². The molecule has 6 heteroatoms. The van der Waals surface area contributed by atoms with Crippen LogP contribution in [-0.4, -0.2) is 28.2 Å². The SMILES string of the molecule is c1ccc(-n2c3ccccc3c3cc(-c4ccc5c6ccccc6n(-c6nc(-n7c8ccccc8c8ccc(-c9ccc%10c(c9)c9ccccc9n%10-c9ccccc9)cc87)c7ccccc7n6)c5c4)ccc32)cc1. The van der Waals surface area contributed by atoms with Gasteiger partial charge in [-0.1, -0.05) is 158 Å². The van der Waals surface area contributed by atoms with Gasteiger partial charge in [0.05, 0.1) is 49.7 Å². The zero-order chi connectivity index (χ0) is 48.4. The lowest BCUT2D eigenvalue weighted by atomic mass is 10.0. The third-order valence-electron chi connectivity index (χ3n) is 15.4. The Morgan fingerprint density at radius 2 is 0.568 bits per heavy atom. The second-order valence-corrected chi connectivity index (χ2v) is 19.4. The van der Waals surface area contributed by atoms with Gasteiger partial charge in [0.25, 0.3) is 0 Å². The van der Waals surface area contributed by atoms with E-state index in [9.17, 15) is 0 Å². The highest BCUT2D eigenvalue weighted by Crippen LogP contribution is 2.42. The van der Waals surface area contributed by atoms with Crippen LogP contribution in [0.2, 0.25) is 0 Å². The number of hydrogen-bond donors (Lipinski definition) is 0. The van der Waals surface area contributed by atoms with E-state index in [2.05, 4.69) is 273 Å². The van der Waals surface area contributed by atoms with Gasteiger partial charge in [-0.3, -0.25) is 9.13 Å². The highest BCUT2D eigenvalue weighted by Gasteiger charge is 2.22. The predicted molar refractivity (Wildman–Crippen MR) is 308 cm³/mol. The van der Waals surface area contributed by atoms with Crippen molar-refractivity contribution in [2.75, 3.05) is 0 Å². The van der Waals surface area contributed by atoms with Gasteiger partial charge in [-0.15, -0.1) is 0 Å². The number of nitrogens with zero attached hydrogens (tertiary/aromatic N) is 6. The van der Waals surface area contributed by atoms with Gasteiger partial charge in [0.15, 0.2) is 5.82 Å². The van der Waals surface area contributed by atoms with Crippen LogP contribution < -0.4 is 0 Å². The summed E-state index contributed by atoms with van der Waals surface area (Å²) in [5.74, 6) is 1.45. The maximum Gasteiger partial charge on any atom is 0.237 e. The summed E-state index contributed by atoms with van der Waals surface area (Å²) in [7, 11) is 0. The number of hydrogen-bond acceptors (Lipinski definition) is 2. The minimum Gasteiger partial charge on any atom is -0.309 e. The monoisotopic (exact) mass is 942 g/mol. The maximum atomic E-state index is 5.71. The van der Waals surface area contributed by atoms with Crippen molar-refractivity contribution in [1.82, 2.24) is 28.2 Å². The van der Waals surface area contributed by atoms with Crippen molar-refractivity contribution in [3.63, 3.8) is 0 Å². The average molecular weight is 943 g/mol. The molecule has 0 N–H and O–H groups in total. The van der Waals surface area contributed by atoms with Crippen LogP contribution in [0.15, 0.2) is 255 Å². The molecule has 0 fully saturated rings. The van der Waals surface area contributed by atoms with Crippen molar-refractivity contribution < 1.29 is 0 Å². The molecule has 0 aliphatic heterocycles. The molecule has 16 aromatic rings. The molecular formula is C68H42N6. The molecule has 5 aromatic heterocycles. The highest BCUT2D eigenvalue weighted by molar-refractivity contribution is 6.15. The second-order valence-electron chi connectivity index (χ2n) is 19.4. The van der Waals surface area contributed by atoms with E-state index in [4.69, 9.17) is 9.97 Å². The molecule has 11 aromatic carbocycles. The number of rotatable bonds is 6. The minimum absolute atomic E-state index is 0.616. The third-order valence-corrected chi connectivity index (χ3v) is 15.4. The first kappa shape index (κ1) is 40.7. The van der Waals surface area contributed by atoms with Gasteiger partial charge in [0.1, 0.15) is 0 Å². The van der Waals surface area contributed by atoms with Crippen molar-refractivity contribution in [2.45, 2.75) is 0 Å². The maximum absolute atomic E-state index is 5.71. The van der Waals surface area contributed by atoms with Crippen LogP contribution in [0.1, 0.15) is 0 Å². The Bertz CT molecular complexity index is 4960. The van der Waals surface area contributed by atoms with Gasteiger partial charge in [-0.2, -0.15) is 4.98 Å². The van der Waals surface area contributed by atoms with Crippen LogP contribution in [0, 0.1) is 0 Å². The quantitative estimate of drug-likeness (QED) is 0.167. The normalized spacial score (nSPS) is 12.1. The molecule has 0 atom stereocenters. The summed E-state index contributed by atoms with van der Waals surface area (Å²) in [6.45, 7) is 0. The average Bonchev–Trinajstić information content (AvgIpc) is 4.20. The van der Waals surface area contributed by atoms with Gasteiger partial charge in [-0.05, 0) is 119 Å². The van der Waals surface area contributed by atoms with Crippen molar-refractivity contribution in [3.8, 4) is 45.4 Å². The summed E-state index contributed by atoms with van der Waals surface area (Å²) in [6, 6.07) is 92.1. The Kier molecular flexibility index (Phi) is 8.64. The molecule has 6 nitrogen and oxygen atoms in total. The summed E-state index contributed by atoms with van der Waals surface area (Å²) in [5, 5.41) is 10.5. The van der Waals surface area contributed by atoms with Crippen molar-refractivity contribution >= 4 is 98.1 Å². The molecule has 0 bridgehead atoms. The molecule has 74 heavy (non-hydrogen) atoms. The Labute approximate surface area is 424 Å². The topological polar surface area (TPSA) is 45.5 Å². The standard InChI is InChI=1S/C68H42N6/c1-3-17-47(18-4-1)71-59-27-13-10-23-51(59)56-39-43(33-37-63(56)71)45-31-35-53-49-21-8-15-29-61(49)73(65(53)41-45)67-55-25-7-12-26-58(55)69-68(70-67)74-62-30-16-9-22-50(62)54-36-32-46(42-66(54)74)44-34-38-64-57(40-44)52-24-11-14-28-60(52)72(64)48-19-5-2-6-20-48/h1-42H. The summed E-state index contributed by atoms with van der Waals surface area (Å²) in [6.07, 6.45) is 0. The largest absolute Gasteiger partial charge is 0.309 e. The number of fused-ring (bicyclic) bond motifs is 13. The lowest BCUT2D eigenvalue weighted by Crippen LogP contribution is -2.07. The Balaban J connectivity index is 0.897. The summed E-state index contributed by atoms with van der Waals surface area (Å²) >= 11 is 0. The van der Waals surface area contributed by atoms with Crippen molar-refractivity contribution in [2.24, 2.45) is 0 Å². The zero-order valence-corrected chi connectivity index (χ0v) is 39.9. The highest BCUT2D eigenvalue weighted by atomic mass is 15.2. The fraction of sp³-hybridized carbons (Fsp3) is 0. The van der Waals surface area contributed by atoms with E-state index in [0.29, 0.717) is 5.95 Å². The first-order chi connectivity index (χ1) is 36.7. The van der Waals surface area contributed by atoms with Gasteiger partial charge in [0.2, 0.25) is 5.95 Å². The van der Waals surface area contributed by atoms with Gasteiger partial charge < -0.3 is 9.13 Å². The zero-order valence-electron chi connectivity index (χ0n) is 39.9. The molecule has 0 unspecified atom stereocenters. The van der Waals surface area contributed by atoms with Crippen LogP contribution >= 0.6 is 0 Å². The first-order valence-corrected chi connectivity index (χ1v) is 25.2. The van der Waals surface area contributed by atoms with Crippen LogP contribution in [0.4, 0.5) is 0 Å². The Morgan fingerprint density at radius 3 is 1.08 bits per heavy atom. The third kappa shape index (κ3) is 5.94. The molecule has 0 aliphatic carbocycles. The first-order valence-electron chi connectivity index (χ1n) is 25.2. The van der Waals surface area contributed by atoms with Gasteiger partial charge in [-0.25, -0.2) is 4.98 Å². The summed E-state index contributed by atoms with van der Waals surface area (Å²) in [5.41, 5.74) is 16.7. The van der Waals surface area contributed by atoms with E-state index < -0.39 is 0 Å². The lowest BCUT2D eigenvalue weighted by molar-refractivity contribution is 0.973. The second kappa shape index (κ2) is 15.7. The van der Waals surface area contributed by atoms with Crippen LogP contribution in [0.3, 0.4) is 0 Å². The van der Waals surface area contributed by atoms with E-state index in [0.717, 1.165) is 83.2 Å². The molecular weight excluding hydrogens is 901 g/mol. The predicted octanol–water partition coefficient (Wildman–Crippen LogP) is 17.4. The van der Waals surface area contributed by atoms with E-state index in [1.807, 2.05) is 0 Å². The molecule has 0 spiro atoms. The molecule has 344 valence electrons. The Hall–Kier alpha value is -10.0. The number of benzene rings is 11. The fourth-order valence-electron chi connectivity index (χ4n) is 12.1. The van der Waals surface area contributed by atoms with E-state index in [-0.39, 0.29) is 0 Å². The fourth-order valence-corrected chi connectivity index (χ4v) is 12.1. The Morgan fingerprint density at radius 1 is 0.216 bits per heavy atom. The number of aromatic nitrogens is 6. The van der Waals surface area contributed by atoms with E-state index >= 15 is 0 Å². The van der Waals surface area contributed by atoms with Crippen molar-refractivity contribution in [3.05, 3.63) is 255 Å². The van der Waals surface area contributed by atoms with Crippen LogP contribution in [0.5, 0.6) is 0 Å². The molecule has 0 saturated carbocycles.